The van der Waals surface area contributed by atoms with Crippen molar-refractivity contribution in [2.24, 2.45) is 11.8 Å². The van der Waals surface area contributed by atoms with Gasteiger partial charge in [-0.15, -0.1) is 0 Å². The van der Waals surface area contributed by atoms with Crippen LogP contribution in [-0.4, -0.2) is 46.5 Å². The summed E-state index contributed by atoms with van der Waals surface area (Å²) >= 11 is 0. The molecule has 6 rings (SSSR count). The molecule has 6 nitrogen and oxygen atoms in total. The molecule has 1 aromatic heterocycles. The van der Waals surface area contributed by atoms with Crippen LogP contribution in [0.1, 0.15) is 5.56 Å². The summed E-state index contributed by atoms with van der Waals surface area (Å²) in [5, 5.41) is 3.92. The third-order valence-electron chi connectivity index (χ3n) is 6.90. The maximum Gasteiger partial charge on any atom is 0.231 e. The van der Waals surface area contributed by atoms with Gasteiger partial charge in [-0.2, -0.15) is 0 Å². The van der Waals surface area contributed by atoms with E-state index in [0.29, 0.717) is 25.2 Å². The van der Waals surface area contributed by atoms with Crippen molar-refractivity contribution in [1.82, 2.24) is 9.88 Å². The van der Waals surface area contributed by atoms with Crippen LogP contribution in [0.15, 0.2) is 66.9 Å². The number of hydrogen-bond acceptors (Lipinski definition) is 3. The molecule has 0 aliphatic carbocycles. The minimum Gasteiger partial charge on any atom is -0.361 e. The van der Waals surface area contributed by atoms with E-state index < -0.39 is 29.4 Å². The largest absolute Gasteiger partial charge is 0.361 e. The van der Waals surface area contributed by atoms with Crippen LogP contribution in [0.25, 0.3) is 10.9 Å². The molecular weight excluding hydrogens is 409 g/mol. The molecule has 3 aromatic rings. The highest BCUT2D eigenvalue weighted by atomic mass is 19.1. The lowest BCUT2D eigenvalue weighted by Crippen LogP contribution is -2.41. The van der Waals surface area contributed by atoms with E-state index in [0.717, 1.165) is 16.5 Å². The van der Waals surface area contributed by atoms with Crippen LogP contribution >= 0.6 is 0 Å². The Bertz CT molecular complexity index is 1270. The van der Waals surface area contributed by atoms with Gasteiger partial charge in [-0.05, 0) is 36.2 Å². The summed E-state index contributed by atoms with van der Waals surface area (Å²) in [5.74, 6) is -1.99. The van der Waals surface area contributed by atoms with Gasteiger partial charge in [-0.1, -0.05) is 36.4 Å². The number of benzene rings is 2. The van der Waals surface area contributed by atoms with E-state index >= 15 is 0 Å². The van der Waals surface area contributed by atoms with Gasteiger partial charge in [-0.3, -0.25) is 9.59 Å². The molecule has 0 radical (unpaired) electrons. The lowest BCUT2D eigenvalue weighted by atomic mass is 9.77. The van der Waals surface area contributed by atoms with Crippen molar-refractivity contribution in [2.75, 3.05) is 18.4 Å². The van der Waals surface area contributed by atoms with Gasteiger partial charge in [0.05, 0.1) is 24.5 Å². The lowest BCUT2D eigenvalue weighted by molar-refractivity contribution is -0.135. The minimum absolute atomic E-state index is 0.0592. The first kappa shape index (κ1) is 19.3. The molecule has 2 aromatic carbocycles. The maximum absolute atomic E-state index is 13.5. The third kappa shape index (κ3) is 2.88. The Kier molecular flexibility index (Phi) is 4.23. The molecule has 1 spiro atoms. The van der Waals surface area contributed by atoms with Crippen molar-refractivity contribution in [1.29, 1.82) is 0 Å². The average Bonchev–Trinajstić information content (AvgIpc) is 3.52. The number of nitrogens with one attached hydrogen (secondary N) is 2. The van der Waals surface area contributed by atoms with Crippen molar-refractivity contribution >= 4 is 28.4 Å². The summed E-state index contributed by atoms with van der Waals surface area (Å²) < 4.78 is 19.7. The maximum atomic E-state index is 13.5. The molecule has 2 fully saturated rings. The molecule has 4 atom stereocenters. The van der Waals surface area contributed by atoms with E-state index in [-0.39, 0.29) is 11.8 Å². The first-order valence-electron chi connectivity index (χ1n) is 10.8. The van der Waals surface area contributed by atoms with Crippen LogP contribution in [0.3, 0.4) is 0 Å². The number of para-hydroxylation sites is 1. The standard InChI is InChI=1S/C25H22FN3O3/c26-16-4-3-5-17(12-16)28-23(30)21-20-8-10-25(32-20)14-29(24(31)22(21)25)11-9-15-13-27-19-7-2-1-6-18(15)19/h1-8,10,12-13,20-22,27H,9,11,14H2,(H,28,30)/t20-,21+,22-,25-/m0/s1. The predicted molar refractivity (Wildman–Crippen MR) is 117 cm³/mol. The molecule has 2 bridgehead atoms. The van der Waals surface area contributed by atoms with Gasteiger partial charge in [0.2, 0.25) is 11.8 Å². The predicted octanol–water partition coefficient (Wildman–Crippen LogP) is 3.27. The van der Waals surface area contributed by atoms with Crippen LogP contribution in [0, 0.1) is 17.7 Å². The number of hydrogen-bond donors (Lipinski definition) is 2. The van der Waals surface area contributed by atoms with Gasteiger partial charge in [0.25, 0.3) is 0 Å². The number of rotatable bonds is 5. The number of anilines is 1. The Morgan fingerprint density at radius 1 is 1.25 bits per heavy atom. The summed E-state index contributed by atoms with van der Waals surface area (Å²) in [7, 11) is 0. The number of halogens is 1. The number of nitrogens with zero attached hydrogens (tertiary/aromatic N) is 1. The van der Waals surface area contributed by atoms with E-state index in [9.17, 15) is 14.0 Å². The summed E-state index contributed by atoms with van der Waals surface area (Å²) in [6.45, 7) is 0.995. The van der Waals surface area contributed by atoms with Crippen LogP contribution in [-0.2, 0) is 20.7 Å². The SMILES string of the molecule is O=C(Nc1cccc(F)c1)[C@@H]1[C@@H]2C=C[C@@]3(CN(CCc4c[nH]c5ccccc45)C(=O)[C@H]13)O2. The second-order valence-electron chi connectivity index (χ2n) is 8.77. The van der Waals surface area contributed by atoms with Crippen molar-refractivity contribution in [3.63, 3.8) is 0 Å². The third-order valence-corrected chi connectivity index (χ3v) is 6.90. The van der Waals surface area contributed by atoms with Crippen molar-refractivity contribution in [3.05, 3.63) is 78.3 Å². The van der Waals surface area contributed by atoms with E-state index in [4.69, 9.17) is 4.74 Å². The summed E-state index contributed by atoms with van der Waals surface area (Å²) in [6.07, 6.45) is 6.09. The molecule has 3 aliphatic rings. The zero-order chi connectivity index (χ0) is 21.9. The molecule has 3 aliphatic heterocycles. The number of aromatic amines is 1. The van der Waals surface area contributed by atoms with Crippen LogP contribution < -0.4 is 5.32 Å². The number of likely N-dealkylation sites (tertiary alicyclic amines) is 1. The molecule has 0 unspecified atom stereocenters. The Hall–Kier alpha value is -3.45. The Morgan fingerprint density at radius 2 is 2.12 bits per heavy atom. The highest BCUT2D eigenvalue weighted by Gasteiger charge is 2.66. The average molecular weight is 431 g/mol. The Labute approximate surface area is 184 Å². The lowest BCUT2D eigenvalue weighted by Gasteiger charge is -2.23. The van der Waals surface area contributed by atoms with Gasteiger partial charge in [-0.25, -0.2) is 4.39 Å². The van der Waals surface area contributed by atoms with Gasteiger partial charge in [0.15, 0.2) is 0 Å². The molecule has 7 heteroatoms. The highest BCUT2D eigenvalue weighted by Crippen LogP contribution is 2.52. The first-order chi connectivity index (χ1) is 15.5. The Morgan fingerprint density at radius 3 is 3.00 bits per heavy atom. The van der Waals surface area contributed by atoms with Gasteiger partial charge in [0.1, 0.15) is 11.4 Å². The van der Waals surface area contributed by atoms with Gasteiger partial charge < -0.3 is 19.9 Å². The Balaban J connectivity index is 1.20. The number of carbonyl (C=O) groups excluding carboxylic acids is 2. The summed E-state index contributed by atoms with van der Waals surface area (Å²) in [5.41, 5.74) is 1.84. The van der Waals surface area contributed by atoms with Crippen LogP contribution in [0.5, 0.6) is 0 Å². The fourth-order valence-electron chi connectivity index (χ4n) is 5.45. The highest BCUT2D eigenvalue weighted by molar-refractivity contribution is 5.99. The second-order valence-corrected chi connectivity index (χ2v) is 8.77. The van der Waals surface area contributed by atoms with E-state index in [1.807, 2.05) is 36.5 Å². The summed E-state index contributed by atoms with van der Waals surface area (Å²) in [4.78, 5) is 31.5. The zero-order valence-corrected chi connectivity index (χ0v) is 17.3. The molecular formula is C25H22FN3O3. The molecule has 4 heterocycles. The monoisotopic (exact) mass is 431 g/mol. The van der Waals surface area contributed by atoms with E-state index in [1.165, 1.54) is 18.2 Å². The van der Waals surface area contributed by atoms with Crippen LogP contribution in [0.2, 0.25) is 0 Å². The second kappa shape index (κ2) is 7.03. The molecule has 2 saturated heterocycles. The normalized spacial score (nSPS) is 28.0. The van der Waals surface area contributed by atoms with Crippen molar-refractivity contribution < 1.29 is 18.7 Å². The van der Waals surface area contributed by atoms with Crippen LogP contribution in [0.4, 0.5) is 10.1 Å². The fourth-order valence-corrected chi connectivity index (χ4v) is 5.45. The summed E-state index contributed by atoms with van der Waals surface area (Å²) in [6, 6.07) is 13.8. The topological polar surface area (TPSA) is 74.4 Å². The number of H-pyrrole nitrogens is 1. The number of amides is 2. The molecule has 162 valence electrons. The number of carbonyl (C=O) groups is 2. The minimum atomic E-state index is -0.758. The molecule has 2 amide bonds. The number of ether oxygens (including phenoxy) is 1. The van der Waals surface area contributed by atoms with Crippen molar-refractivity contribution in [2.45, 2.75) is 18.1 Å². The smallest absolute Gasteiger partial charge is 0.231 e. The zero-order valence-electron chi connectivity index (χ0n) is 17.3. The van der Waals surface area contributed by atoms with Gasteiger partial charge >= 0.3 is 0 Å². The number of fused-ring (bicyclic) bond motifs is 2. The van der Waals surface area contributed by atoms with E-state index in [2.05, 4.69) is 16.4 Å². The molecule has 0 saturated carbocycles. The quantitative estimate of drug-likeness (QED) is 0.609. The fraction of sp³-hybridized carbons (Fsp3) is 0.280. The molecule has 2 N–H and O–H groups in total. The first-order valence-corrected chi connectivity index (χ1v) is 10.8. The number of aromatic nitrogens is 1. The van der Waals surface area contributed by atoms with Gasteiger partial charge in [0, 0.05) is 29.3 Å². The molecule has 32 heavy (non-hydrogen) atoms. The van der Waals surface area contributed by atoms with E-state index in [1.54, 1.807) is 11.0 Å². The van der Waals surface area contributed by atoms with Crippen molar-refractivity contribution in [3.8, 4) is 0 Å².